The molecule has 1 fully saturated rings. The van der Waals surface area contributed by atoms with E-state index in [1.54, 1.807) is 7.11 Å². The van der Waals surface area contributed by atoms with Crippen molar-refractivity contribution in [2.45, 2.75) is 64.5 Å². The molecule has 2 atom stereocenters. The van der Waals surface area contributed by atoms with Crippen LogP contribution in [0, 0.1) is 5.92 Å². The van der Waals surface area contributed by atoms with Crippen molar-refractivity contribution in [3.8, 4) is 0 Å². The molecule has 15 heavy (non-hydrogen) atoms. The maximum Gasteiger partial charge on any atom is 0.0634 e. The second kappa shape index (κ2) is 5.86. The van der Waals surface area contributed by atoms with E-state index in [4.69, 9.17) is 4.74 Å². The Balaban J connectivity index is 2.14. The Bertz CT molecular complexity index is 179. The summed E-state index contributed by atoms with van der Waals surface area (Å²) in [6, 6.07) is 0.751. The van der Waals surface area contributed by atoms with Crippen molar-refractivity contribution in [1.29, 1.82) is 0 Å². The molecule has 1 aliphatic carbocycles. The predicted octanol–water partition coefficient (Wildman–Crippen LogP) is 2.97. The first-order valence-electron chi connectivity index (χ1n) is 6.32. The molecule has 1 saturated carbocycles. The summed E-state index contributed by atoms with van der Waals surface area (Å²) < 4.78 is 5.41. The zero-order valence-corrected chi connectivity index (χ0v) is 10.8. The Kier molecular flexibility index (Phi) is 5.07. The SMILES string of the molecule is COC(C)(C)CCNC1CCCC(C)C1. The molecule has 2 unspecified atom stereocenters. The molecule has 2 heteroatoms. The van der Waals surface area contributed by atoms with Gasteiger partial charge in [0, 0.05) is 13.2 Å². The zero-order valence-electron chi connectivity index (χ0n) is 10.8. The first kappa shape index (κ1) is 13.0. The molecule has 0 amide bonds. The van der Waals surface area contributed by atoms with E-state index in [-0.39, 0.29) is 5.60 Å². The van der Waals surface area contributed by atoms with Gasteiger partial charge in [-0.15, -0.1) is 0 Å². The summed E-state index contributed by atoms with van der Waals surface area (Å²) in [5, 5.41) is 3.66. The van der Waals surface area contributed by atoms with Gasteiger partial charge in [-0.1, -0.05) is 19.8 Å². The van der Waals surface area contributed by atoms with Gasteiger partial charge in [-0.2, -0.15) is 0 Å². The maximum absolute atomic E-state index is 5.41. The molecule has 0 aromatic heterocycles. The number of ether oxygens (including phenoxy) is 1. The van der Waals surface area contributed by atoms with Crippen LogP contribution >= 0.6 is 0 Å². The molecule has 2 nitrogen and oxygen atoms in total. The summed E-state index contributed by atoms with van der Waals surface area (Å²) in [6.45, 7) is 7.75. The van der Waals surface area contributed by atoms with Crippen molar-refractivity contribution in [2.24, 2.45) is 5.92 Å². The van der Waals surface area contributed by atoms with E-state index in [9.17, 15) is 0 Å². The lowest BCUT2D eigenvalue weighted by Gasteiger charge is -2.29. The smallest absolute Gasteiger partial charge is 0.0634 e. The number of nitrogens with one attached hydrogen (secondary N) is 1. The summed E-state index contributed by atoms with van der Waals surface area (Å²) in [5.74, 6) is 0.909. The van der Waals surface area contributed by atoms with Gasteiger partial charge in [0.15, 0.2) is 0 Å². The molecule has 1 N–H and O–H groups in total. The first-order valence-corrected chi connectivity index (χ1v) is 6.32. The van der Waals surface area contributed by atoms with Crippen LogP contribution in [-0.4, -0.2) is 25.3 Å². The standard InChI is InChI=1S/C13H27NO/c1-11-6-5-7-12(10-11)14-9-8-13(2,3)15-4/h11-12,14H,5-10H2,1-4H3. The number of hydrogen-bond donors (Lipinski definition) is 1. The predicted molar refractivity (Wildman–Crippen MR) is 65.1 cm³/mol. The minimum atomic E-state index is 0.0211. The molecule has 0 bridgehead atoms. The normalized spacial score (nSPS) is 28.0. The largest absolute Gasteiger partial charge is 0.379 e. The van der Waals surface area contributed by atoms with Crippen LogP contribution in [0.3, 0.4) is 0 Å². The van der Waals surface area contributed by atoms with Crippen LogP contribution in [0.4, 0.5) is 0 Å². The lowest BCUT2D eigenvalue weighted by molar-refractivity contribution is 0.0150. The Morgan fingerprint density at radius 1 is 1.33 bits per heavy atom. The van der Waals surface area contributed by atoms with Crippen molar-refractivity contribution < 1.29 is 4.74 Å². The number of rotatable bonds is 5. The van der Waals surface area contributed by atoms with E-state index in [0.717, 1.165) is 24.9 Å². The van der Waals surface area contributed by atoms with Gasteiger partial charge >= 0.3 is 0 Å². The molecule has 0 heterocycles. The third-order valence-corrected chi connectivity index (χ3v) is 3.65. The molecule has 0 aromatic carbocycles. The average Bonchev–Trinajstić information content (AvgIpc) is 2.18. The molecule has 0 spiro atoms. The van der Waals surface area contributed by atoms with Crippen molar-refractivity contribution >= 4 is 0 Å². The summed E-state index contributed by atoms with van der Waals surface area (Å²) >= 11 is 0. The topological polar surface area (TPSA) is 21.3 Å². The second-order valence-corrected chi connectivity index (χ2v) is 5.64. The van der Waals surface area contributed by atoms with Crippen LogP contribution in [0.5, 0.6) is 0 Å². The Labute approximate surface area is 94.8 Å². The summed E-state index contributed by atoms with van der Waals surface area (Å²) in [7, 11) is 1.79. The molecule has 90 valence electrons. The minimum absolute atomic E-state index is 0.0211. The lowest BCUT2D eigenvalue weighted by Crippen LogP contribution is -2.37. The third kappa shape index (κ3) is 4.98. The zero-order chi connectivity index (χ0) is 11.3. The quantitative estimate of drug-likeness (QED) is 0.758. The van der Waals surface area contributed by atoms with Gasteiger partial charge in [0.05, 0.1) is 5.60 Å². The van der Waals surface area contributed by atoms with Gasteiger partial charge in [-0.3, -0.25) is 0 Å². The van der Waals surface area contributed by atoms with Crippen LogP contribution in [0.15, 0.2) is 0 Å². The van der Waals surface area contributed by atoms with Crippen LogP contribution in [0.2, 0.25) is 0 Å². The Morgan fingerprint density at radius 2 is 2.07 bits per heavy atom. The van der Waals surface area contributed by atoms with Crippen LogP contribution in [0.1, 0.15) is 52.9 Å². The average molecular weight is 213 g/mol. The molecular weight excluding hydrogens is 186 g/mol. The lowest BCUT2D eigenvalue weighted by atomic mass is 9.87. The highest BCUT2D eigenvalue weighted by molar-refractivity contribution is 4.77. The molecule has 1 aliphatic rings. The Morgan fingerprint density at radius 3 is 2.67 bits per heavy atom. The van der Waals surface area contributed by atoms with Crippen molar-refractivity contribution in [2.75, 3.05) is 13.7 Å². The fourth-order valence-electron chi connectivity index (χ4n) is 2.30. The maximum atomic E-state index is 5.41. The summed E-state index contributed by atoms with van der Waals surface area (Å²) in [6.07, 6.45) is 6.62. The molecule has 0 aromatic rings. The molecule has 0 aliphatic heterocycles. The van der Waals surface area contributed by atoms with Gasteiger partial charge in [0.1, 0.15) is 0 Å². The molecule has 0 saturated heterocycles. The van der Waals surface area contributed by atoms with E-state index in [0.29, 0.717) is 0 Å². The van der Waals surface area contributed by atoms with Gasteiger partial charge in [-0.05, 0) is 45.6 Å². The highest BCUT2D eigenvalue weighted by Crippen LogP contribution is 2.23. The van der Waals surface area contributed by atoms with Gasteiger partial charge < -0.3 is 10.1 Å². The van der Waals surface area contributed by atoms with E-state index in [2.05, 4.69) is 26.1 Å². The van der Waals surface area contributed by atoms with E-state index in [1.807, 2.05) is 0 Å². The van der Waals surface area contributed by atoms with E-state index in [1.165, 1.54) is 25.7 Å². The monoisotopic (exact) mass is 213 g/mol. The van der Waals surface area contributed by atoms with Gasteiger partial charge in [0.25, 0.3) is 0 Å². The second-order valence-electron chi connectivity index (χ2n) is 5.64. The highest BCUT2D eigenvalue weighted by Gasteiger charge is 2.20. The number of hydrogen-bond acceptors (Lipinski definition) is 2. The van der Waals surface area contributed by atoms with E-state index >= 15 is 0 Å². The fraction of sp³-hybridized carbons (Fsp3) is 1.00. The summed E-state index contributed by atoms with van der Waals surface area (Å²) in [5.41, 5.74) is 0.0211. The van der Waals surface area contributed by atoms with Crippen LogP contribution < -0.4 is 5.32 Å². The highest BCUT2D eigenvalue weighted by atomic mass is 16.5. The van der Waals surface area contributed by atoms with Crippen molar-refractivity contribution in [3.63, 3.8) is 0 Å². The first-order chi connectivity index (χ1) is 7.03. The Hall–Kier alpha value is -0.0800. The van der Waals surface area contributed by atoms with Crippen molar-refractivity contribution in [3.05, 3.63) is 0 Å². The molecular formula is C13H27NO. The van der Waals surface area contributed by atoms with Gasteiger partial charge in [0.2, 0.25) is 0 Å². The third-order valence-electron chi connectivity index (χ3n) is 3.65. The summed E-state index contributed by atoms with van der Waals surface area (Å²) in [4.78, 5) is 0. The van der Waals surface area contributed by atoms with Crippen LogP contribution in [0.25, 0.3) is 0 Å². The fourth-order valence-corrected chi connectivity index (χ4v) is 2.30. The van der Waals surface area contributed by atoms with Gasteiger partial charge in [-0.25, -0.2) is 0 Å². The van der Waals surface area contributed by atoms with E-state index < -0.39 is 0 Å². The molecule has 1 rings (SSSR count). The number of methoxy groups -OCH3 is 1. The van der Waals surface area contributed by atoms with Crippen LogP contribution in [-0.2, 0) is 4.74 Å². The molecule has 0 radical (unpaired) electrons. The van der Waals surface area contributed by atoms with Crippen molar-refractivity contribution in [1.82, 2.24) is 5.32 Å². The minimum Gasteiger partial charge on any atom is -0.379 e.